The lowest BCUT2D eigenvalue weighted by molar-refractivity contribution is -0.149. The van der Waals surface area contributed by atoms with E-state index in [4.69, 9.17) is 5.11 Å². The molecular weight excluding hydrogens is 266 g/mol. The molecule has 0 unspecified atom stereocenters. The Morgan fingerprint density at radius 3 is 2.43 bits per heavy atom. The van der Waals surface area contributed by atoms with Gasteiger partial charge in [0.05, 0.1) is 5.41 Å². The first-order chi connectivity index (χ1) is 10.0. The van der Waals surface area contributed by atoms with Crippen LogP contribution in [0.4, 0.5) is 0 Å². The monoisotopic (exact) mass is 289 g/mol. The van der Waals surface area contributed by atoms with Crippen LogP contribution in [-0.2, 0) is 15.0 Å². The number of carbonyl (C=O) groups is 2. The summed E-state index contributed by atoms with van der Waals surface area (Å²) in [5.41, 5.74) is 1.67. The smallest absolute Gasteiger partial charge is 0.323 e. The van der Waals surface area contributed by atoms with Gasteiger partial charge in [-0.25, -0.2) is 0 Å². The zero-order valence-corrected chi connectivity index (χ0v) is 12.8. The Bertz CT molecular complexity index is 535. The summed E-state index contributed by atoms with van der Waals surface area (Å²) < 4.78 is 0. The van der Waals surface area contributed by atoms with Crippen LogP contribution in [0.3, 0.4) is 0 Å². The summed E-state index contributed by atoms with van der Waals surface area (Å²) in [6.45, 7) is 4.27. The van der Waals surface area contributed by atoms with Crippen LogP contribution < -0.4 is 0 Å². The molecule has 1 aliphatic rings. The van der Waals surface area contributed by atoms with Crippen molar-refractivity contribution in [3.8, 4) is 0 Å². The van der Waals surface area contributed by atoms with Gasteiger partial charge in [0.2, 0.25) is 5.91 Å². The van der Waals surface area contributed by atoms with Gasteiger partial charge >= 0.3 is 5.97 Å². The van der Waals surface area contributed by atoms with E-state index in [-0.39, 0.29) is 12.5 Å². The van der Waals surface area contributed by atoms with Gasteiger partial charge in [-0.05, 0) is 37.3 Å². The number of carbonyl (C=O) groups excluding carboxylic acids is 1. The highest BCUT2D eigenvalue weighted by molar-refractivity contribution is 5.91. The van der Waals surface area contributed by atoms with Crippen LogP contribution in [-0.4, -0.2) is 35.0 Å². The van der Waals surface area contributed by atoms with E-state index in [1.54, 1.807) is 0 Å². The van der Waals surface area contributed by atoms with E-state index in [1.807, 2.05) is 38.1 Å². The number of carboxylic acids is 1. The van der Waals surface area contributed by atoms with E-state index < -0.39 is 11.4 Å². The van der Waals surface area contributed by atoms with E-state index in [1.165, 1.54) is 4.90 Å². The quantitative estimate of drug-likeness (QED) is 0.876. The Labute approximate surface area is 125 Å². The molecule has 0 spiro atoms. The fourth-order valence-electron chi connectivity index (χ4n) is 3.23. The molecule has 4 heteroatoms. The fourth-order valence-corrected chi connectivity index (χ4v) is 3.23. The van der Waals surface area contributed by atoms with E-state index in [9.17, 15) is 9.59 Å². The molecule has 21 heavy (non-hydrogen) atoms. The lowest BCUT2D eigenvalue weighted by Gasteiger charge is -2.44. The molecule has 2 rings (SSSR count). The maximum atomic E-state index is 13.0. The predicted octanol–water partition coefficient (Wildman–Crippen LogP) is 2.74. The molecule has 0 radical (unpaired) electrons. The first-order valence-electron chi connectivity index (χ1n) is 7.58. The fraction of sp³-hybridized carbons (Fsp3) is 0.529. The van der Waals surface area contributed by atoms with Crippen molar-refractivity contribution in [1.82, 2.24) is 4.90 Å². The molecule has 1 N–H and O–H groups in total. The summed E-state index contributed by atoms with van der Waals surface area (Å²) >= 11 is 0. The van der Waals surface area contributed by atoms with Gasteiger partial charge in [0, 0.05) is 6.54 Å². The van der Waals surface area contributed by atoms with Gasteiger partial charge in [-0.3, -0.25) is 9.59 Å². The second-order valence-electron chi connectivity index (χ2n) is 5.87. The minimum absolute atomic E-state index is 0.0210. The molecule has 1 aromatic rings. The second kappa shape index (κ2) is 6.29. The second-order valence-corrected chi connectivity index (χ2v) is 5.87. The topological polar surface area (TPSA) is 57.6 Å². The minimum Gasteiger partial charge on any atom is -0.480 e. The van der Waals surface area contributed by atoms with Gasteiger partial charge in [0.15, 0.2) is 0 Å². The lowest BCUT2D eigenvalue weighted by atomic mass is 9.62. The zero-order chi connectivity index (χ0) is 15.5. The third-order valence-corrected chi connectivity index (χ3v) is 4.38. The summed E-state index contributed by atoms with van der Waals surface area (Å²) in [4.78, 5) is 25.5. The zero-order valence-electron chi connectivity index (χ0n) is 12.8. The Morgan fingerprint density at radius 1 is 1.29 bits per heavy atom. The van der Waals surface area contributed by atoms with Gasteiger partial charge in [-0.1, -0.05) is 37.6 Å². The number of aliphatic carboxylic acids is 1. The predicted molar refractivity (Wildman–Crippen MR) is 81.2 cm³/mol. The number of nitrogens with zero attached hydrogens (tertiary/aromatic N) is 1. The van der Waals surface area contributed by atoms with Gasteiger partial charge in [-0.15, -0.1) is 0 Å². The third kappa shape index (κ3) is 2.94. The number of rotatable bonds is 6. The molecule has 0 saturated heterocycles. The van der Waals surface area contributed by atoms with Crippen molar-refractivity contribution in [2.75, 3.05) is 13.1 Å². The van der Waals surface area contributed by atoms with E-state index in [2.05, 4.69) is 0 Å². The number of carboxylic acid groups (broad SMARTS) is 1. The maximum Gasteiger partial charge on any atom is 0.323 e. The van der Waals surface area contributed by atoms with E-state index in [0.717, 1.165) is 36.8 Å². The Kier molecular flexibility index (Phi) is 4.66. The van der Waals surface area contributed by atoms with Crippen LogP contribution in [0.2, 0.25) is 0 Å². The molecule has 0 bridgehead atoms. The highest BCUT2D eigenvalue weighted by Gasteiger charge is 2.48. The van der Waals surface area contributed by atoms with Crippen LogP contribution in [0.25, 0.3) is 0 Å². The molecule has 4 nitrogen and oxygen atoms in total. The lowest BCUT2D eigenvalue weighted by Crippen LogP contribution is -2.52. The van der Waals surface area contributed by atoms with Crippen molar-refractivity contribution in [3.63, 3.8) is 0 Å². The SMILES string of the molecule is CCCN(CC(=O)O)C(=O)C1(c2ccccc2C)CCC1. The van der Waals surface area contributed by atoms with Crippen LogP contribution >= 0.6 is 0 Å². The van der Waals surface area contributed by atoms with Gasteiger partial charge in [0.1, 0.15) is 6.54 Å². The molecule has 1 aliphatic carbocycles. The van der Waals surface area contributed by atoms with Crippen LogP contribution in [0.1, 0.15) is 43.7 Å². The van der Waals surface area contributed by atoms with Gasteiger partial charge in [0.25, 0.3) is 0 Å². The number of aryl methyl sites for hydroxylation is 1. The molecule has 114 valence electrons. The van der Waals surface area contributed by atoms with Crippen molar-refractivity contribution in [1.29, 1.82) is 0 Å². The van der Waals surface area contributed by atoms with Crippen LogP contribution in [0.15, 0.2) is 24.3 Å². The van der Waals surface area contributed by atoms with Crippen molar-refractivity contribution < 1.29 is 14.7 Å². The molecule has 1 aromatic carbocycles. The number of hydrogen-bond donors (Lipinski definition) is 1. The molecule has 1 fully saturated rings. The molecule has 0 atom stereocenters. The number of amides is 1. The summed E-state index contributed by atoms with van der Waals surface area (Å²) in [7, 11) is 0. The average molecular weight is 289 g/mol. The Hall–Kier alpha value is -1.84. The summed E-state index contributed by atoms with van der Waals surface area (Å²) in [5, 5.41) is 9.05. The van der Waals surface area contributed by atoms with Crippen LogP contribution in [0.5, 0.6) is 0 Å². The van der Waals surface area contributed by atoms with Crippen molar-refractivity contribution in [2.24, 2.45) is 0 Å². The van der Waals surface area contributed by atoms with Gasteiger partial charge < -0.3 is 10.0 Å². The first-order valence-corrected chi connectivity index (χ1v) is 7.58. The third-order valence-electron chi connectivity index (χ3n) is 4.38. The van der Waals surface area contributed by atoms with E-state index >= 15 is 0 Å². The molecule has 1 amide bonds. The molecular formula is C17H23NO3. The standard InChI is InChI=1S/C17H23NO3/c1-3-11-18(12-15(19)20)16(21)17(9-6-10-17)14-8-5-4-7-13(14)2/h4-5,7-8H,3,6,9-12H2,1-2H3,(H,19,20). The van der Waals surface area contributed by atoms with E-state index in [0.29, 0.717) is 6.54 Å². The summed E-state index contributed by atoms with van der Waals surface area (Å²) in [6, 6.07) is 7.95. The number of hydrogen-bond acceptors (Lipinski definition) is 2. The largest absolute Gasteiger partial charge is 0.480 e. The normalized spacial score (nSPS) is 16.1. The average Bonchev–Trinajstić information content (AvgIpc) is 2.38. The van der Waals surface area contributed by atoms with Crippen molar-refractivity contribution in [3.05, 3.63) is 35.4 Å². The van der Waals surface area contributed by atoms with Crippen molar-refractivity contribution in [2.45, 2.75) is 44.9 Å². The molecule has 0 aromatic heterocycles. The molecule has 1 saturated carbocycles. The molecule has 0 heterocycles. The summed E-state index contributed by atoms with van der Waals surface area (Å²) in [5.74, 6) is -0.969. The highest BCUT2D eigenvalue weighted by atomic mass is 16.4. The minimum atomic E-state index is -0.948. The Balaban J connectivity index is 2.33. The maximum absolute atomic E-state index is 13.0. The van der Waals surface area contributed by atoms with Gasteiger partial charge in [-0.2, -0.15) is 0 Å². The van der Waals surface area contributed by atoms with Crippen LogP contribution in [0, 0.1) is 6.92 Å². The first kappa shape index (κ1) is 15.5. The van der Waals surface area contributed by atoms with Crippen molar-refractivity contribution >= 4 is 11.9 Å². The highest BCUT2D eigenvalue weighted by Crippen LogP contribution is 2.46. The molecule has 0 aliphatic heterocycles. The number of benzene rings is 1. The summed E-state index contributed by atoms with van der Waals surface area (Å²) in [6.07, 6.45) is 3.42. The Morgan fingerprint density at radius 2 is 1.95 bits per heavy atom.